The summed E-state index contributed by atoms with van der Waals surface area (Å²) in [5.41, 5.74) is 6.77. The third-order valence-corrected chi connectivity index (χ3v) is 3.25. The van der Waals surface area contributed by atoms with E-state index in [0.717, 1.165) is 16.8 Å². The quantitative estimate of drug-likeness (QED) is 0.874. The Morgan fingerprint density at radius 3 is 2.93 bits per heavy atom. The van der Waals surface area contributed by atoms with Gasteiger partial charge in [0, 0.05) is 6.54 Å². The third kappa shape index (κ3) is 2.18. The highest BCUT2D eigenvalue weighted by molar-refractivity contribution is 9.10. The van der Waals surface area contributed by atoms with Crippen LogP contribution in [0.25, 0.3) is 0 Å². The van der Waals surface area contributed by atoms with Gasteiger partial charge in [-0.05, 0) is 40.3 Å². The third-order valence-electron chi connectivity index (χ3n) is 2.65. The molecule has 1 fully saturated rings. The second-order valence-corrected chi connectivity index (χ2v) is 5.12. The van der Waals surface area contributed by atoms with Gasteiger partial charge in [0.15, 0.2) is 0 Å². The van der Waals surface area contributed by atoms with E-state index in [9.17, 15) is 0 Å². The Bertz CT molecular complexity index is 347. The molecule has 0 aliphatic heterocycles. The van der Waals surface area contributed by atoms with Crippen LogP contribution in [0.3, 0.4) is 0 Å². The van der Waals surface area contributed by atoms with Crippen molar-refractivity contribution in [1.29, 1.82) is 0 Å². The molecule has 1 aromatic rings. The van der Waals surface area contributed by atoms with E-state index < -0.39 is 0 Å². The smallest absolute Gasteiger partial charge is 0.140 e. The number of anilines is 2. The van der Waals surface area contributed by atoms with Gasteiger partial charge >= 0.3 is 0 Å². The van der Waals surface area contributed by atoms with Gasteiger partial charge in [-0.15, -0.1) is 0 Å². The van der Waals surface area contributed by atoms with Gasteiger partial charge < -0.3 is 11.1 Å². The summed E-state index contributed by atoms with van der Waals surface area (Å²) in [7, 11) is 0. The lowest BCUT2D eigenvalue weighted by molar-refractivity contribution is 0.609. The van der Waals surface area contributed by atoms with E-state index in [1.807, 2.05) is 6.07 Å². The first kappa shape index (κ1) is 9.77. The molecule has 1 aliphatic carbocycles. The zero-order chi connectivity index (χ0) is 10.2. The summed E-state index contributed by atoms with van der Waals surface area (Å²) in [6, 6.07) is 1.87. The second kappa shape index (κ2) is 3.42. The summed E-state index contributed by atoms with van der Waals surface area (Å²) in [6.07, 6.45) is 4.29. The first-order chi connectivity index (χ1) is 6.59. The van der Waals surface area contributed by atoms with Crippen molar-refractivity contribution in [1.82, 2.24) is 4.98 Å². The van der Waals surface area contributed by atoms with Crippen molar-refractivity contribution >= 4 is 27.4 Å². The minimum Gasteiger partial charge on any atom is -0.397 e. The molecule has 0 amide bonds. The molecule has 2 rings (SSSR count). The van der Waals surface area contributed by atoms with Gasteiger partial charge in [-0.25, -0.2) is 4.98 Å². The topological polar surface area (TPSA) is 50.9 Å². The molecular weight excluding hydrogens is 242 g/mol. The molecule has 0 unspecified atom stereocenters. The maximum absolute atomic E-state index is 5.60. The van der Waals surface area contributed by atoms with E-state index in [0.29, 0.717) is 11.1 Å². The zero-order valence-corrected chi connectivity index (χ0v) is 9.76. The molecule has 1 saturated carbocycles. The van der Waals surface area contributed by atoms with Crippen molar-refractivity contribution in [3.8, 4) is 0 Å². The maximum atomic E-state index is 5.60. The Balaban J connectivity index is 2.02. The molecule has 1 aromatic heterocycles. The fourth-order valence-corrected chi connectivity index (χ4v) is 1.78. The van der Waals surface area contributed by atoms with E-state index in [1.165, 1.54) is 12.8 Å². The number of hydrogen-bond acceptors (Lipinski definition) is 3. The number of nitrogen functional groups attached to an aromatic ring is 1. The molecule has 3 N–H and O–H groups in total. The van der Waals surface area contributed by atoms with E-state index >= 15 is 0 Å². The Morgan fingerprint density at radius 2 is 2.36 bits per heavy atom. The van der Waals surface area contributed by atoms with Crippen molar-refractivity contribution in [2.75, 3.05) is 17.6 Å². The Morgan fingerprint density at radius 1 is 1.64 bits per heavy atom. The highest BCUT2D eigenvalue weighted by Gasteiger charge is 2.36. The first-order valence-electron chi connectivity index (χ1n) is 4.74. The van der Waals surface area contributed by atoms with E-state index in [2.05, 4.69) is 33.2 Å². The number of hydrogen-bond donors (Lipinski definition) is 2. The minimum absolute atomic E-state index is 0.489. The molecule has 0 aromatic carbocycles. The lowest BCUT2D eigenvalue weighted by atomic mass is 10.1. The van der Waals surface area contributed by atoms with Gasteiger partial charge in [0.25, 0.3) is 0 Å². The Kier molecular flexibility index (Phi) is 2.39. The van der Waals surface area contributed by atoms with Gasteiger partial charge in [-0.2, -0.15) is 0 Å². The van der Waals surface area contributed by atoms with Gasteiger partial charge in [0.1, 0.15) is 5.82 Å². The molecule has 1 heterocycles. The van der Waals surface area contributed by atoms with Crippen molar-refractivity contribution in [2.45, 2.75) is 19.8 Å². The first-order valence-corrected chi connectivity index (χ1v) is 5.53. The zero-order valence-electron chi connectivity index (χ0n) is 8.18. The molecule has 1 aliphatic rings. The summed E-state index contributed by atoms with van der Waals surface area (Å²) in [5, 5.41) is 3.33. The summed E-state index contributed by atoms with van der Waals surface area (Å²) >= 11 is 3.43. The van der Waals surface area contributed by atoms with Crippen LogP contribution in [0, 0.1) is 5.41 Å². The number of nitrogens with one attached hydrogen (secondary N) is 1. The number of aromatic nitrogens is 1. The highest BCUT2D eigenvalue weighted by Crippen LogP contribution is 2.44. The number of halogens is 1. The average Bonchev–Trinajstić information content (AvgIpc) is 2.83. The molecule has 0 atom stereocenters. The Hall–Kier alpha value is -0.770. The summed E-state index contributed by atoms with van der Waals surface area (Å²) < 4.78 is 0.932. The number of nitrogens with two attached hydrogens (primary N) is 1. The van der Waals surface area contributed by atoms with Crippen LogP contribution in [0.4, 0.5) is 11.5 Å². The van der Waals surface area contributed by atoms with E-state index in [-0.39, 0.29) is 0 Å². The molecule has 76 valence electrons. The molecule has 0 bridgehead atoms. The van der Waals surface area contributed by atoms with Crippen LogP contribution in [0.2, 0.25) is 0 Å². The van der Waals surface area contributed by atoms with Gasteiger partial charge in [0.05, 0.1) is 16.4 Å². The molecule has 0 saturated heterocycles. The van der Waals surface area contributed by atoms with E-state index in [1.54, 1.807) is 6.20 Å². The molecule has 14 heavy (non-hydrogen) atoms. The van der Waals surface area contributed by atoms with Crippen LogP contribution >= 0.6 is 15.9 Å². The minimum atomic E-state index is 0.489. The fourth-order valence-electron chi connectivity index (χ4n) is 1.27. The summed E-state index contributed by atoms with van der Waals surface area (Å²) in [6.45, 7) is 3.27. The maximum Gasteiger partial charge on any atom is 0.140 e. The average molecular weight is 256 g/mol. The standard InChI is InChI=1S/C10H14BrN3/c1-10(2-3-10)6-14-9-8(11)4-7(12)5-13-9/h4-5H,2-3,6,12H2,1H3,(H,13,14). The number of pyridine rings is 1. The molecule has 0 spiro atoms. The lowest BCUT2D eigenvalue weighted by Crippen LogP contribution is -2.13. The highest BCUT2D eigenvalue weighted by atomic mass is 79.9. The van der Waals surface area contributed by atoms with Crippen LogP contribution in [0.1, 0.15) is 19.8 Å². The fraction of sp³-hybridized carbons (Fsp3) is 0.500. The molecular formula is C10H14BrN3. The van der Waals surface area contributed by atoms with E-state index in [4.69, 9.17) is 5.73 Å². The lowest BCUT2D eigenvalue weighted by Gasteiger charge is -2.11. The summed E-state index contributed by atoms with van der Waals surface area (Å²) in [5.74, 6) is 0.882. The van der Waals surface area contributed by atoms with Crippen LogP contribution < -0.4 is 11.1 Å². The number of nitrogens with zero attached hydrogens (tertiary/aromatic N) is 1. The second-order valence-electron chi connectivity index (χ2n) is 4.26. The molecule has 3 nitrogen and oxygen atoms in total. The van der Waals surface area contributed by atoms with Crippen LogP contribution in [-0.4, -0.2) is 11.5 Å². The van der Waals surface area contributed by atoms with Crippen molar-refractivity contribution in [3.05, 3.63) is 16.7 Å². The predicted octanol–water partition coefficient (Wildman–Crippen LogP) is 2.64. The summed E-state index contributed by atoms with van der Waals surface area (Å²) in [4.78, 5) is 4.23. The SMILES string of the molecule is CC1(CNc2ncc(N)cc2Br)CC1. The van der Waals surface area contributed by atoms with Crippen LogP contribution in [0.5, 0.6) is 0 Å². The van der Waals surface area contributed by atoms with Gasteiger partial charge in [-0.3, -0.25) is 0 Å². The van der Waals surface area contributed by atoms with Gasteiger partial charge in [-0.1, -0.05) is 6.92 Å². The van der Waals surface area contributed by atoms with Crippen LogP contribution in [-0.2, 0) is 0 Å². The normalized spacial score (nSPS) is 17.9. The molecule has 4 heteroatoms. The van der Waals surface area contributed by atoms with Gasteiger partial charge in [0.2, 0.25) is 0 Å². The van der Waals surface area contributed by atoms with Crippen molar-refractivity contribution < 1.29 is 0 Å². The Labute approximate surface area is 92.2 Å². The predicted molar refractivity (Wildman–Crippen MR) is 62.2 cm³/mol. The largest absolute Gasteiger partial charge is 0.397 e. The van der Waals surface area contributed by atoms with Crippen LogP contribution in [0.15, 0.2) is 16.7 Å². The van der Waals surface area contributed by atoms with Crippen molar-refractivity contribution in [3.63, 3.8) is 0 Å². The monoisotopic (exact) mass is 255 g/mol. The number of rotatable bonds is 3. The van der Waals surface area contributed by atoms with Crippen molar-refractivity contribution in [2.24, 2.45) is 5.41 Å². The molecule has 0 radical (unpaired) electrons.